The zero-order chi connectivity index (χ0) is 22.2. The summed E-state index contributed by atoms with van der Waals surface area (Å²) in [7, 11) is -3.50. The number of nitrogens with zero attached hydrogens (tertiary/aromatic N) is 2. The molecule has 164 valence electrons. The third kappa shape index (κ3) is 8.00. The maximum absolute atomic E-state index is 12.7. The quantitative estimate of drug-likeness (QED) is 0.483. The van der Waals surface area contributed by atoms with E-state index in [0.717, 1.165) is 17.1 Å². The average Bonchev–Trinajstić information content (AvgIpc) is 2.72. The van der Waals surface area contributed by atoms with Crippen LogP contribution in [0, 0.1) is 0 Å². The van der Waals surface area contributed by atoms with Gasteiger partial charge in [0.05, 0.1) is 4.90 Å². The number of sulfonamides is 1. The largest absolute Gasteiger partial charge is 0.386 e. The Labute approximate surface area is 178 Å². The molecule has 2 aromatic rings. The van der Waals surface area contributed by atoms with Crippen molar-refractivity contribution >= 4 is 28.2 Å². The summed E-state index contributed by atoms with van der Waals surface area (Å²) in [6, 6.07) is 17.2. The predicted octanol–water partition coefficient (Wildman–Crippen LogP) is 4.01. The molecule has 1 aliphatic rings. The van der Waals surface area contributed by atoms with Crippen LogP contribution in [0.1, 0.15) is 12.5 Å². The second-order valence-electron chi connectivity index (χ2n) is 6.57. The first-order chi connectivity index (χ1) is 14.1. The summed E-state index contributed by atoms with van der Waals surface area (Å²) in [6.45, 7) is 1.74. The Morgan fingerprint density at radius 3 is 2.00 bits per heavy atom. The molecule has 1 aliphatic heterocycles. The summed E-state index contributed by atoms with van der Waals surface area (Å²) in [6.07, 6.45) is -3.23. The van der Waals surface area contributed by atoms with Crippen molar-refractivity contribution in [2.45, 2.75) is 28.6 Å². The minimum Gasteiger partial charge on any atom is -0.343 e. The summed E-state index contributed by atoms with van der Waals surface area (Å²) in [4.78, 5) is 13.7. The SMILES string of the molecule is CC(F)(F)F.O=CN1CCN(S(=O)(=O)c2ccc(SCc3ccccc3)cc2)CC1. The van der Waals surface area contributed by atoms with Gasteiger partial charge < -0.3 is 4.90 Å². The van der Waals surface area contributed by atoms with Gasteiger partial charge in [-0.25, -0.2) is 8.42 Å². The van der Waals surface area contributed by atoms with Gasteiger partial charge in [0.2, 0.25) is 16.4 Å². The van der Waals surface area contributed by atoms with Gasteiger partial charge in [-0.2, -0.15) is 17.5 Å². The van der Waals surface area contributed by atoms with E-state index < -0.39 is 16.2 Å². The van der Waals surface area contributed by atoms with Crippen molar-refractivity contribution < 1.29 is 26.4 Å². The van der Waals surface area contributed by atoms with E-state index in [1.165, 1.54) is 9.87 Å². The van der Waals surface area contributed by atoms with E-state index in [0.29, 0.717) is 31.1 Å². The van der Waals surface area contributed by atoms with Gasteiger partial charge in [-0.3, -0.25) is 4.79 Å². The molecule has 1 heterocycles. The van der Waals surface area contributed by atoms with E-state index in [1.807, 2.05) is 30.3 Å². The summed E-state index contributed by atoms with van der Waals surface area (Å²) in [5, 5.41) is 0. The molecular weight excluding hydrogens is 437 g/mol. The Morgan fingerprint density at radius 1 is 0.967 bits per heavy atom. The first-order valence-corrected chi connectivity index (χ1v) is 11.5. The second-order valence-corrected chi connectivity index (χ2v) is 9.56. The summed E-state index contributed by atoms with van der Waals surface area (Å²) >= 11 is 1.68. The van der Waals surface area contributed by atoms with Gasteiger partial charge in [-0.05, 0) is 29.8 Å². The van der Waals surface area contributed by atoms with Crippen LogP contribution in [0.5, 0.6) is 0 Å². The van der Waals surface area contributed by atoms with E-state index in [-0.39, 0.29) is 6.92 Å². The molecule has 3 rings (SSSR count). The van der Waals surface area contributed by atoms with Crippen LogP contribution in [-0.4, -0.2) is 56.4 Å². The lowest BCUT2D eigenvalue weighted by atomic mass is 10.2. The molecule has 30 heavy (non-hydrogen) atoms. The molecule has 0 aliphatic carbocycles. The summed E-state index contributed by atoms with van der Waals surface area (Å²) in [5.41, 5.74) is 1.23. The maximum Gasteiger partial charge on any atom is 0.386 e. The Bertz CT molecular complexity index is 891. The smallest absolute Gasteiger partial charge is 0.343 e. The van der Waals surface area contributed by atoms with Crippen LogP contribution >= 0.6 is 11.8 Å². The predicted molar refractivity (Wildman–Crippen MR) is 111 cm³/mol. The number of benzene rings is 2. The molecule has 0 spiro atoms. The Morgan fingerprint density at radius 2 is 1.50 bits per heavy atom. The number of piperazine rings is 1. The van der Waals surface area contributed by atoms with Crippen molar-refractivity contribution in [2.75, 3.05) is 26.2 Å². The molecule has 0 unspecified atom stereocenters. The molecule has 0 bridgehead atoms. The number of hydrogen-bond acceptors (Lipinski definition) is 4. The molecule has 1 fully saturated rings. The van der Waals surface area contributed by atoms with Gasteiger partial charge in [-0.15, -0.1) is 11.8 Å². The molecule has 0 N–H and O–H groups in total. The van der Waals surface area contributed by atoms with Crippen molar-refractivity contribution in [3.63, 3.8) is 0 Å². The highest BCUT2D eigenvalue weighted by Crippen LogP contribution is 2.25. The molecule has 0 saturated carbocycles. The summed E-state index contributed by atoms with van der Waals surface area (Å²) < 4.78 is 57.9. The molecule has 0 radical (unpaired) electrons. The number of alkyl halides is 3. The number of carbonyl (C=O) groups is 1. The van der Waals surface area contributed by atoms with Crippen molar-refractivity contribution in [1.82, 2.24) is 9.21 Å². The lowest BCUT2D eigenvalue weighted by molar-refractivity contribution is -0.119. The van der Waals surface area contributed by atoms with Crippen molar-refractivity contribution in [1.29, 1.82) is 0 Å². The Hall–Kier alpha value is -2.04. The standard InChI is InChI=1S/C18H20N2O3S2.C2H3F3/c21-15-19-10-12-20(13-11-19)25(22,23)18-8-6-17(7-9-18)24-14-16-4-2-1-3-5-16;1-2(3,4)5/h1-9,15H,10-14H2;1H3. The van der Waals surface area contributed by atoms with Gasteiger partial charge in [0.15, 0.2) is 0 Å². The van der Waals surface area contributed by atoms with Crippen LogP contribution in [0.25, 0.3) is 0 Å². The molecule has 10 heteroatoms. The van der Waals surface area contributed by atoms with Crippen molar-refractivity contribution in [3.8, 4) is 0 Å². The van der Waals surface area contributed by atoms with E-state index in [4.69, 9.17) is 0 Å². The van der Waals surface area contributed by atoms with Crippen LogP contribution in [0.4, 0.5) is 13.2 Å². The zero-order valence-corrected chi connectivity index (χ0v) is 18.0. The highest BCUT2D eigenvalue weighted by atomic mass is 32.2. The fourth-order valence-electron chi connectivity index (χ4n) is 2.65. The van der Waals surface area contributed by atoms with Crippen LogP contribution in [0.15, 0.2) is 64.4 Å². The third-order valence-electron chi connectivity index (χ3n) is 4.13. The number of carbonyl (C=O) groups excluding carboxylic acids is 1. The van der Waals surface area contributed by atoms with Crippen LogP contribution in [0.3, 0.4) is 0 Å². The lowest BCUT2D eigenvalue weighted by Crippen LogP contribution is -2.47. The number of amides is 1. The number of hydrogen-bond donors (Lipinski definition) is 0. The summed E-state index contributed by atoms with van der Waals surface area (Å²) in [5.74, 6) is 0.848. The molecule has 1 amide bonds. The fourth-order valence-corrected chi connectivity index (χ4v) is 4.92. The molecule has 5 nitrogen and oxygen atoms in total. The highest BCUT2D eigenvalue weighted by Gasteiger charge is 2.27. The fraction of sp³-hybridized carbons (Fsp3) is 0.350. The van der Waals surface area contributed by atoms with E-state index >= 15 is 0 Å². The van der Waals surface area contributed by atoms with Gasteiger partial charge in [0.1, 0.15) is 0 Å². The molecule has 1 saturated heterocycles. The monoisotopic (exact) mass is 460 g/mol. The normalized spacial score (nSPS) is 15.3. The van der Waals surface area contributed by atoms with Crippen LogP contribution in [-0.2, 0) is 20.6 Å². The molecule has 2 aromatic carbocycles. The van der Waals surface area contributed by atoms with Gasteiger partial charge in [0.25, 0.3) is 0 Å². The number of thioether (sulfide) groups is 1. The maximum atomic E-state index is 12.7. The molecular formula is C20H23F3N2O3S2. The van der Waals surface area contributed by atoms with E-state index in [1.54, 1.807) is 28.8 Å². The Kier molecular flexibility index (Phi) is 8.75. The first-order valence-electron chi connectivity index (χ1n) is 9.12. The lowest BCUT2D eigenvalue weighted by Gasteiger charge is -2.31. The topological polar surface area (TPSA) is 57.7 Å². The average molecular weight is 461 g/mol. The van der Waals surface area contributed by atoms with Crippen LogP contribution < -0.4 is 0 Å². The number of halogens is 3. The minimum absolute atomic E-state index is 0.188. The van der Waals surface area contributed by atoms with Gasteiger partial charge in [0, 0.05) is 43.8 Å². The minimum atomic E-state index is -4.00. The van der Waals surface area contributed by atoms with Crippen molar-refractivity contribution in [2.24, 2.45) is 0 Å². The third-order valence-corrected chi connectivity index (χ3v) is 7.13. The van der Waals surface area contributed by atoms with Crippen molar-refractivity contribution in [3.05, 3.63) is 60.2 Å². The van der Waals surface area contributed by atoms with Gasteiger partial charge in [-0.1, -0.05) is 30.3 Å². The van der Waals surface area contributed by atoms with Gasteiger partial charge >= 0.3 is 6.18 Å². The number of rotatable bonds is 6. The zero-order valence-electron chi connectivity index (χ0n) is 16.4. The first kappa shape index (κ1) is 24.2. The second kappa shape index (κ2) is 10.8. The highest BCUT2D eigenvalue weighted by molar-refractivity contribution is 7.98. The van der Waals surface area contributed by atoms with Crippen LogP contribution in [0.2, 0.25) is 0 Å². The Balaban J connectivity index is 0.000000575. The molecule has 0 aromatic heterocycles. The van der Waals surface area contributed by atoms with E-state index in [2.05, 4.69) is 12.1 Å². The molecule has 0 atom stereocenters. The van der Waals surface area contributed by atoms with E-state index in [9.17, 15) is 26.4 Å².